The van der Waals surface area contributed by atoms with Crippen molar-refractivity contribution in [1.29, 1.82) is 0 Å². The van der Waals surface area contributed by atoms with E-state index in [9.17, 15) is 9.59 Å². The van der Waals surface area contributed by atoms with Crippen LogP contribution >= 0.6 is 0 Å². The van der Waals surface area contributed by atoms with Gasteiger partial charge in [-0.3, -0.25) is 9.13 Å². The molecule has 0 saturated heterocycles. The van der Waals surface area contributed by atoms with Crippen molar-refractivity contribution in [1.82, 2.24) is 24.0 Å². The van der Waals surface area contributed by atoms with Gasteiger partial charge < -0.3 is 9.88 Å². The average Bonchev–Trinajstić information content (AvgIpc) is 3.44. The number of hydrogen-bond donors (Lipinski definition) is 1. The van der Waals surface area contributed by atoms with Crippen molar-refractivity contribution in [2.45, 2.75) is 44.7 Å². The third kappa shape index (κ3) is 3.86. The molecule has 1 aliphatic rings. The SMILES string of the molecule is CN(C(=O)n1cnc(-c2ccc3c(c2)[nH]c(=O)n3Cc2ccccc2)c1)C1CCCCC1. The van der Waals surface area contributed by atoms with Crippen LogP contribution in [-0.2, 0) is 6.54 Å². The first-order valence-corrected chi connectivity index (χ1v) is 11.2. The summed E-state index contributed by atoms with van der Waals surface area (Å²) in [6.45, 7) is 0.510. The topological polar surface area (TPSA) is 75.9 Å². The maximum atomic E-state index is 12.9. The standard InChI is InChI=1S/C25H27N5O2/c1-28(20-10-6-3-7-11-20)25(32)29-16-22(26-17-29)19-12-13-23-21(14-19)27-24(31)30(23)15-18-8-4-2-5-9-18/h2,4-5,8-9,12-14,16-17,20H,3,6-7,10-11,15H2,1H3,(H,27,31). The predicted molar refractivity (Wildman–Crippen MR) is 125 cm³/mol. The lowest BCUT2D eigenvalue weighted by molar-refractivity contribution is 0.175. The van der Waals surface area contributed by atoms with Crippen LogP contribution < -0.4 is 5.69 Å². The van der Waals surface area contributed by atoms with Crippen molar-refractivity contribution in [2.75, 3.05) is 7.05 Å². The van der Waals surface area contributed by atoms with E-state index in [1.165, 1.54) is 19.3 Å². The summed E-state index contributed by atoms with van der Waals surface area (Å²) in [7, 11) is 1.88. The van der Waals surface area contributed by atoms with Gasteiger partial charge in [-0.1, -0.05) is 55.7 Å². The molecule has 2 aromatic carbocycles. The van der Waals surface area contributed by atoms with Gasteiger partial charge in [0.2, 0.25) is 0 Å². The molecule has 1 fully saturated rings. The Kier molecular flexibility index (Phi) is 5.39. The van der Waals surface area contributed by atoms with E-state index in [-0.39, 0.29) is 11.7 Å². The number of aromatic amines is 1. The lowest BCUT2D eigenvalue weighted by Gasteiger charge is -2.31. The Balaban J connectivity index is 1.39. The zero-order chi connectivity index (χ0) is 22.1. The van der Waals surface area contributed by atoms with E-state index in [1.807, 2.05) is 60.5 Å². The van der Waals surface area contributed by atoms with Crippen LogP contribution in [0.4, 0.5) is 4.79 Å². The Hall–Kier alpha value is -3.61. The minimum absolute atomic E-state index is 0.0563. The molecule has 32 heavy (non-hydrogen) atoms. The second-order valence-corrected chi connectivity index (χ2v) is 8.59. The van der Waals surface area contributed by atoms with Crippen molar-refractivity contribution < 1.29 is 4.79 Å². The molecule has 1 aliphatic carbocycles. The van der Waals surface area contributed by atoms with Crippen LogP contribution in [0.3, 0.4) is 0 Å². The van der Waals surface area contributed by atoms with E-state index in [4.69, 9.17) is 0 Å². The van der Waals surface area contributed by atoms with Gasteiger partial charge in [0, 0.05) is 24.8 Å². The molecule has 0 radical (unpaired) electrons. The molecule has 5 rings (SSSR count). The highest BCUT2D eigenvalue weighted by Crippen LogP contribution is 2.24. The quantitative estimate of drug-likeness (QED) is 0.520. The van der Waals surface area contributed by atoms with Crippen molar-refractivity contribution in [3.8, 4) is 11.3 Å². The molecular weight excluding hydrogens is 402 g/mol. The van der Waals surface area contributed by atoms with Gasteiger partial charge >= 0.3 is 11.7 Å². The van der Waals surface area contributed by atoms with Gasteiger partial charge in [0.15, 0.2) is 0 Å². The number of nitrogens with zero attached hydrogens (tertiary/aromatic N) is 4. The highest BCUT2D eigenvalue weighted by Gasteiger charge is 2.23. The van der Waals surface area contributed by atoms with Crippen molar-refractivity contribution in [2.24, 2.45) is 0 Å². The van der Waals surface area contributed by atoms with E-state index in [1.54, 1.807) is 21.7 Å². The van der Waals surface area contributed by atoms with Crippen LogP contribution in [0.2, 0.25) is 0 Å². The normalized spacial score (nSPS) is 14.7. The number of H-pyrrole nitrogens is 1. The molecule has 2 heterocycles. The third-order valence-electron chi connectivity index (χ3n) is 6.48. The van der Waals surface area contributed by atoms with Crippen LogP contribution in [0.25, 0.3) is 22.3 Å². The van der Waals surface area contributed by atoms with E-state index in [0.717, 1.165) is 35.0 Å². The van der Waals surface area contributed by atoms with E-state index >= 15 is 0 Å². The molecule has 4 aromatic rings. The summed E-state index contributed by atoms with van der Waals surface area (Å²) in [6.07, 6.45) is 9.08. The van der Waals surface area contributed by atoms with Gasteiger partial charge in [-0.05, 0) is 30.5 Å². The molecule has 0 atom stereocenters. The smallest absolute Gasteiger partial charge is 0.324 e. The molecule has 7 nitrogen and oxygen atoms in total. The zero-order valence-electron chi connectivity index (χ0n) is 18.2. The summed E-state index contributed by atoms with van der Waals surface area (Å²) in [6, 6.07) is 15.9. The third-order valence-corrected chi connectivity index (χ3v) is 6.48. The molecule has 0 aliphatic heterocycles. The Labute approximate surface area is 186 Å². The van der Waals surface area contributed by atoms with Gasteiger partial charge in [-0.2, -0.15) is 0 Å². The lowest BCUT2D eigenvalue weighted by Crippen LogP contribution is -2.40. The molecule has 164 valence electrons. The highest BCUT2D eigenvalue weighted by molar-refractivity contribution is 5.82. The predicted octanol–water partition coefficient (Wildman–Crippen LogP) is 4.47. The summed E-state index contributed by atoms with van der Waals surface area (Å²) in [5.41, 5.74) is 4.08. The summed E-state index contributed by atoms with van der Waals surface area (Å²) < 4.78 is 3.28. The van der Waals surface area contributed by atoms with Gasteiger partial charge in [0.25, 0.3) is 0 Å². The van der Waals surface area contributed by atoms with E-state index < -0.39 is 0 Å². The van der Waals surface area contributed by atoms with Crippen molar-refractivity contribution >= 4 is 17.1 Å². The number of benzene rings is 2. The fourth-order valence-corrected chi connectivity index (χ4v) is 4.63. The van der Waals surface area contributed by atoms with Gasteiger partial charge in [0.1, 0.15) is 6.33 Å². The van der Waals surface area contributed by atoms with Crippen LogP contribution in [0.1, 0.15) is 37.7 Å². The van der Waals surface area contributed by atoms with E-state index in [2.05, 4.69) is 9.97 Å². The van der Waals surface area contributed by atoms with Gasteiger partial charge in [-0.15, -0.1) is 0 Å². The molecule has 1 N–H and O–H groups in total. The number of fused-ring (bicyclic) bond motifs is 1. The Morgan fingerprint density at radius 2 is 1.91 bits per heavy atom. The molecule has 1 amide bonds. The maximum Gasteiger partial charge on any atom is 0.329 e. The van der Waals surface area contributed by atoms with Gasteiger partial charge in [-0.25, -0.2) is 14.6 Å². The minimum Gasteiger partial charge on any atom is -0.324 e. The molecule has 2 aromatic heterocycles. The monoisotopic (exact) mass is 429 g/mol. The number of amides is 1. The van der Waals surface area contributed by atoms with Crippen molar-refractivity contribution in [3.63, 3.8) is 0 Å². The Morgan fingerprint density at radius 1 is 1.12 bits per heavy atom. The molecular formula is C25H27N5O2. The minimum atomic E-state index is -0.143. The summed E-state index contributed by atoms with van der Waals surface area (Å²) in [4.78, 5) is 34.7. The number of hydrogen-bond acceptors (Lipinski definition) is 3. The number of rotatable bonds is 4. The summed E-state index contributed by atoms with van der Waals surface area (Å²) in [5, 5.41) is 0. The highest BCUT2D eigenvalue weighted by atomic mass is 16.2. The molecule has 1 saturated carbocycles. The van der Waals surface area contributed by atoms with Crippen LogP contribution in [-0.4, -0.2) is 43.1 Å². The largest absolute Gasteiger partial charge is 0.329 e. The van der Waals surface area contributed by atoms with Crippen LogP contribution in [0.5, 0.6) is 0 Å². The maximum absolute atomic E-state index is 12.9. The van der Waals surface area contributed by atoms with Crippen LogP contribution in [0.15, 0.2) is 65.8 Å². The second-order valence-electron chi connectivity index (χ2n) is 8.59. The summed E-state index contributed by atoms with van der Waals surface area (Å²) >= 11 is 0. The first-order chi connectivity index (χ1) is 15.6. The summed E-state index contributed by atoms with van der Waals surface area (Å²) in [5.74, 6) is 0. The number of aromatic nitrogens is 4. The molecule has 0 bridgehead atoms. The first-order valence-electron chi connectivity index (χ1n) is 11.2. The van der Waals surface area contributed by atoms with Crippen molar-refractivity contribution in [3.05, 3.63) is 77.1 Å². The number of imidazole rings is 2. The average molecular weight is 430 g/mol. The number of carbonyl (C=O) groups excluding carboxylic acids is 1. The zero-order valence-corrected chi connectivity index (χ0v) is 18.2. The fourth-order valence-electron chi connectivity index (χ4n) is 4.63. The van der Waals surface area contributed by atoms with Crippen LogP contribution in [0, 0.1) is 0 Å². The van der Waals surface area contributed by atoms with E-state index in [0.29, 0.717) is 18.3 Å². The van der Waals surface area contributed by atoms with Gasteiger partial charge in [0.05, 0.1) is 23.3 Å². The molecule has 0 spiro atoms. The number of nitrogens with one attached hydrogen (secondary N) is 1. The number of carbonyl (C=O) groups is 1. The molecule has 7 heteroatoms. The molecule has 0 unspecified atom stereocenters. The second kappa shape index (κ2) is 8.49. The Bertz CT molecular complexity index is 1290. The first kappa shape index (κ1) is 20.3. The fraction of sp³-hybridized carbons (Fsp3) is 0.320. The Morgan fingerprint density at radius 3 is 2.69 bits per heavy atom. The lowest BCUT2D eigenvalue weighted by atomic mass is 9.95.